The Morgan fingerprint density at radius 1 is 1.42 bits per heavy atom. The molecule has 0 spiro atoms. The van der Waals surface area contributed by atoms with Gasteiger partial charge in [-0.15, -0.1) is 0 Å². The van der Waals surface area contributed by atoms with E-state index < -0.39 is 0 Å². The third kappa shape index (κ3) is 2.79. The van der Waals surface area contributed by atoms with E-state index in [-0.39, 0.29) is 11.5 Å². The number of hydrogen-bond donors (Lipinski definition) is 1. The Labute approximate surface area is 146 Å². The molecule has 1 atom stereocenters. The van der Waals surface area contributed by atoms with E-state index in [9.17, 15) is 9.59 Å². The SMILES string of the molecule is CCn1c(=S)[nH]c2cc(C(=O)N3CCCC3C(C)C)ccc2c1=O. The van der Waals surface area contributed by atoms with Crippen LogP contribution in [0.5, 0.6) is 0 Å². The van der Waals surface area contributed by atoms with Gasteiger partial charge in [-0.25, -0.2) is 0 Å². The lowest BCUT2D eigenvalue weighted by Gasteiger charge is -2.27. The molecule has 1 saturated heterocycles. The van der Waals surface area contributed by atoms with E-state index in [2.05, 4.69) is 18.8 Å². The van der Waals surface area contributed by atoms with Crippen molar-refractivity contribution in [2.45, 2.75) is 46.2 Å². The fourth-order valence-electron chi connectivity index (χ4n) is 3.58. The molecular weight excluding hydrogens is 322 g/mol. The maximum Gasteiger partial charge on any atom is 0.262 e. The molecule has 3 rings (SSSR count). The van der Waals surface area contributed by atoms with Crippen LogP contribution in [0.1, 0.15) is 44.0 Å². The number of benzene rings is 1. The molecule has 1 N–H and O–H groups in total. The second-order valence-corrected chi connectivity index (χ2v) is 7.08. The molecule has 5 nitrogen and oxygen atoms in total. The van der Waals surface area contributed by atoms with E-state index in [0.717, 1.165) is 19.4 Å². The quantitative estimate of drug-likeness (QED) is 0.868. The van der Waals surface area contributed by atoms with Crippen molar-refractivity contribution in [3.05, 3.63) is 38.9 Å². The van der Waals surface area contributed by atoms with Crippen LogP contribution in [0.4, 0.5) is 0 Å². The fourth-order valence-corrected chi connectivity index (χ4v) is 3.90. The summed E-state index contributed by atoms with van der Waals surface area (Å²) < 4.78 is 1.91. The first-order valence-electron chi connectivity index (χ1n) is 8.52. The molecular formula is C18H23N3O2S. The zero-order chi connectivity index (χ0) is 17.4. The molecule has 0 bridgehead atoms. The minimum absolute atomic E-state index is 0.0343. The molecule has 1 aliphatic heterocycles. The normalized spacial score (nSPS) is 17.8. The number of nitrogens with zero attached hydrogens (tertiary/aromatic N) is 2. The van der Waals surface area contributed by atoms with Gasteiger partial charge in [-0.2, -0.15) is 0 Å². The second-order valence-electron chi connectivity index (χ2n) is 6.69. The topological polar surface area (TPSA) is 58.1 Å². The largest absolute Gasteiger partial charge is 0.335 e. The van der Waals surface area contributed by atoms with E-state index in [0.29, 0.717) is 39.7 Å². The molecule has 1 fully saturated rings. The minimum Gasteiger partial charge on any atom is -0.335 e. The van der Waals surface area contributed by atoms with Gasteiger partial charge in [-0.1, -0.05) is 13.8 Å². The smallest absolute Gasteiger partial charge is 0.262 e. The number of fused-ring (bicyclic) bond motifs is 1. The molecule has 1 unspecified atom stereocenters. The molecule has 2 heterocycles. The van der Waals surface area contributed by atoms with Crippen molar-refractivity contribution >= 4 is 29.0 Å². The van der Waals surface area contributed by atoms with Crippen molar-refractivity contribution < 1.29 is 4.79 Å². The Bertz CT molecular complexity index is 897. The summed E-state index contributed by atoms with van der Waals surface area (Å²) in [5.41, 5.74) is 1.12. The van der Waals surface area contributed by atoms with Crippen molar-refractivity contribution in [1.29, 1.82) is 0 Å². The zero-order valence-electron chi connectivity index (χ0n) is 14.3. The number of likely N-dealkylation sites (tertiary alicyclic amines) is 1. The first kappa shape index (κ1) is 16.9. The van der Waals surface area contributed by atoms with Gasteiger partial charge in [0.2, 0.25) is 0 Å². The van der Waals surface area contributed by atoms with Crippen LogP contribution in [0.3, 0.4) is 0 Å². The van der Waals surface area contributed by atoms with Crippen LogP contribution in [0.25, 0.3) is 10.9 Å². The molecule has 1 aromatic carbocycles. The van der Waals surface area contributed by atoms with Crippen LogP contribution >= 0.6 is 12.2 Å². The molecule has 0 saturated carbocycles. The third-order valence-corrected chi connectivity index (χ3v) is 5.20. The summed E-state index contributed by atoms with van der Waals surface area (Å²) in [5.74, 6) is 0.478. The number of H-pyrrole nitrogens is 1. The number of rotatable bonds is 3. The van der Waals surface area contributed by atoms with Crippen molar-refractivity contribution in [2.24, 2.45) is 5.92 Å². The molecule has 1 aliphatic rings. The number of hydrogen-bond acceptors (Lipinski definition) is 3. The Morgan fingerprint density at radius 3 is 2.83 bits per heavy atom. The second kappa shape index (κ2) is 6.51. The van der Waals surface area contributed by atoms with Crippen LogP contribution in [0.2, 0.25) is 0 Å². The van der Waals surface area contributed by atoms with Crippen LogP contribution < -0.4 is 5.56 Å². The van der Waals surface area contributed by atoms with E-state index in [4.69, 9.17) is 12.2 Å². The van der Waals surface area contributed by atoms with E-state index in [1.165, 1.54) is 4.57 Å². The maximum absolute atomic E-state index is 12.9. The van der Waals surface area contributed by atoms with Crippen LogP contribution in [0, 0.1) is 10.7 Å². The lowest BCUT2D eigenvalue weighted by molar-refractivity contribution is 0.0701. The van der Waals surface area contributed by atoms with Gasteiger partial charge in [0.25, 0.3) is 11.5 Å². The Morgan fingerprint density at radius 2 is 2.17 bits per heavy atom. The average Bonchev–Trinajstić information content (AvgIpc) is 3.03. The molecule has 6 heteroatoms. The Hall–Kier alpha value is -1.95. The molecule has 2 aromatic rings. The number of carbonyl (C=O) groups is 1. The number of nitrogens with one attached hydrogen (secondary N) is 1. The molecule has 1 amide bonds. The van der Waals surface area contributed by atoms with Crippen LogP contribution in [0.15, 0.2) is 23.0 Å². The highest BCUT2D eigenvalue weighted by Gasteiger charge is 2.31. The lowest BCUT2D eigenvalue weighted by Crippen LogP contribution is -2.38. The number of carbonyl (C=O) groups excluding carboxylic acids is 1. The first-order chi connectivity index (χ1) is 11.4. The first-order valence-corrected chi connectivity index (χ1v) is 8.92. The molecule has 0 aliphatic carbocycles. The van der Waals surface area contributed by atoms with Gasteiger partial charge in [-0.05, 0) is 56.1 Å². The highest BCUT2D eigenvalue weighted by atomic mass is 32.1. The highest BCUT2D eigenvalue weighted by Crippen LogP contribution is 2.26. The average molecular weight is 345 g/mol. The summed E-state index contributed by atoms with van der Waals surface area (Å²) in [6.07, 6.45) is 2.10. The van der Waals surface area contributed by atoms with Gasteiger partial charge in [0, 0.05) is 24.7 Å². The zero-order valence-corrected chi connectivity index (χ0v) is 15.2. The number of amides is 1. The summed E-state index contributed by atoms with van der Waals surface area (Å²) in [6, 6.07) is 5.52. The van der Waals surface area contributed by atoms with Crippen LogP contribution in [-0.2, 0) is 6.54 Å². The predicted molar refractivity (Wildman–Crippen MR) is 98.0 cm³/mol. The van der Waals surface area contributed by atoms with Crippen molar-refractivity contribution in [1.82, 2.24) is 14.5 Å². The van der Waals surface area contributed by atoms with Gasteiger partial charge < -0.3 is 9.88 Å². The maximum atomic E-state index is 12.9. The Balaban J connectivity index is 2.04. The molecule has 24 heavy (non-hydrogen) atoms. The van der Waals surface area contributed by atoms with Crippen LogP contribution in [-0.4, -0.2) is 32.9 Å². The standard InChI is InChI=1S/C18H23N3O2S/c1-4-20-17(23)13-8-7-12(10-14(13)19-18(20)24)16(22)21-9-5-6-15(21)11(2)3/h7-8,10-11,15H,4-6,9H2,1-3H3,(H,19,24). The van der Waals surface area contributed by atoms with E-state index in [1.807, 2.05) is 11.8 Å². The summed E-state index contributed by atoms with van der Waals surface area (Å²) >= 11 is 5.25. The summed E-state index contributed by atoms with van der Waals surface area (Å²) in [5, 5.41) is 0.559. The fraction of sp³-hybridized carbons (Fsp3) is 0.500. The molecule has 0 radical (unpaired) electrons. The summed E-state index contributed by atoms with van der Waals surface area (Å²) in [6.45, 7) is 7.51. The van der Waals surface area contributed by atoms with Gasteiger partial charge in [0.1, 0.15) is 0 Å². The third-order valence-electron chi connectivity index (χ3n) is 4.87. The van der Waals surface area contributed by atoms with Gasteiger partial charge >= 0.3 is 0 Å². The highest BCUT2D eigenvalue weighted by molar-refractivity contribution is 7.71. The summed E-state index contributed by atoms with van der Waals surface area (Å²) in [7, 11) is 0. The number of aromatic nitrogens is 2. The van der Waals surface area contributed by atoms with E-state index >= 15 is 0 Å². The lowest BCUT2D eigenvalue weighted by atomic mass is 10.0. The van der Waals surface area contributed by atoms with Crippen molar-refractivity contribution in [3.8, 4) is 0 Å². The van der Waals surface area contributed by atoms with Gasteiger partial charge in [0.15, 0.2) is 4.77 Å². The summed E-state index contributed by atoms with van der Waals surface area (Å²) in [4.78, 5) is 30.4. The molecule has 1 aromatic heterocycles. The van der Waals surface area contributed by atoms with Gasteiger partial charge in [-0.3, -0.25) is 14.2 Å². The van der Waals surface area contributed by atoms with Crippen molar-refractivity contribution in [3.63, 3.8) is 0 Å². The monoisotopic (exact) mass is 345 g/mol. The van der Waals surface area contributed by atoms with E-state index in [1.54, 1.807) is 18.2 Å². The van der Waals surface area contributed by atoms with Crippen molar-refractivity contribution in [2.75, 3.05) is 6.54 Å². The number of aromatic amines is 1. The molecule has 128 valence electrons. The van der Waals surface area contributed by atoms with Gasteiger partial charge in [0.05, 0.1) is 10.9 Å². The Kier molecular flexibility index (Phi) is 4.58. The predicted octanol–water partition coefficient (Wildman–Crippen LogP) is 3.34. The minimum atomic E-state index is -0.114.